The number of amides is 2. The molecule has 6 heteroatoms. The van der Waals surface area contributed by atoms with Crippen LogP contribution in [0.4, 0.5) is 9.93 Å². The van der Waals surface area contributed by atoms with Crippen LogP contribution in [-0.4, -0.2) is 22.5 Å². The van der Waals surface area contributed by atoms with Gasteiger partial charge in [-0.3, -0.25) is 5.32 Å². The summed E-state index contributed by atoms with van der Waals surface area (Å²) in [6, 6.07) is 2.04. The van der Waals surface area contributed by atoms with Gasteiger partial charge in [-0.2, -0.15) is 0 Å². The van der Waals surface area contributed by atoms with Crippen LogP contribution in [0, 0.1) is 0 Å². The van der Waals surface area contributed by atoms with Crippen LogP contribution < -0.4 is 5.32 Å². The molecule has 2 aromatic heterocycles. The van der Waals surface area contributed by atoms with E-state index in [4.69, 9.17) is 0 Å². The Balaban J connectivity index is 1.68. The van der Waals surface area contributed by atoms with Gasteiger partial charge in [0.2, 0.25) is 0 Å². The molecule has 0 atom stereocenters. The number of thiazole rings is 1. The summed E-state index contributed by atoms with van der Waals surface area (Å²) in [6.45, 7) is 1.49. The lowest BCUT2D eigenvalue weighted by Gasteiger charge is -2.26. The lowest BCUT2D eigenvalue weighted by molar-refractivity contribution is 0.207. The largest absolute Gasteiger partial charge is 0.323 e. The number of carbonyl (C=O) groups is 1. The van der Waals surface area contributed by atoms with Crippen molar-refractivity contribution in [3.05, 3.63) is 33.5 Å². The average Bonchev–Trinajstić information content (AvgIpc) is 2.97. The Bertz CT molecular complexity index is 521. The maximum absolute atomic E-state index is 12.0. The topological polar surface area (TPSA) is 45.2 Å². The highest BCUT2D eigenvalue weighted by Gasteiger charge is 2.21. The Morgan fingerprint density at radius 3 is 3.18 bits per heavy atom. The highest BCUT2D eigenvalue weighted by molar-refractivity contribution is 7.13. The van der Waals surface area contributed by atoms with Crippen LogP contribution in [0.1, 0.15) is 10.4 Å². The fraction of sp³-hybridized carbons (Fsp3) is 0.273. The highest BCUT2D eigenvalue weighted by atomic mass is 32.1. The van der Waals surface area contributed by atoms with Gasteiger partial charge in [0, 0.05) is 29.5 Å². The number of rotatable bonds is 1. The minimum Gasteiger partial charge on any atom is -0.320 e. The smallest absolute Gasteiger partial charge is 0.320 e. The zero-order valence-electron chi connectivity index (χ0n) is 9.05. The Kier molecular flexibility index (Phi) is 2.82. The van der Waals surface area contributed by atoms with Crippen molar-refractivity contribution in [2.45, 2.75) is 13.0 Å². The minimum absolute atomic E-state index is 0.0585. The van der Waals surface area contributed by atoms with Crippen LogP contribution in [-0.2, 0) is 13.0 Å². The average molecular weight is 265 g/mol. The van der Waals surface area contributed by atoms with Gasteiger partial charge in [-0.15, -0.1) is 22.7 Å². The van der Waals surface area contributed by atoms with Gasteiger partial charge in [-0.05, 0) is 23.4 Å². The summed E-state index contributed by atoms with van der Waals surface area (Å²) >= 11 is 3.21. The third-order valence-electron chi connectivity index (χ3n) is 2.74. The molecule has 0 aromatic carbocycles. The van der Waals surface area contributed by atoms with E-state index in [1.807, 2.05) is 10.3 Å². The molecule has 0 aliphatic carbocycles. The van der Waals surface area contributed by atoms with Crippen molar-refractivity contribution in [3.8, 4) is 0 Å². The maximum atomic E-state index is 12.0. The van der Waals surface area contributed by atoms with Crippen LogP contribution >= 0.6 is 22.7 Å². The van der Waals surface area contributed by atoms with Crippen molar-refractivity contribution in [2.75, 3.05) is 11.9 Å². The van der Waals surface area contributed by atoms with Crippen molar-refractivity contribution in [2.24, 2.45) is 0 Å². The zero-order chi connectivity index (χ0) is 11.7. The molecule has 1 aliphatic heterocycles. The van der Waals surface area contributed by atoms with Crippen LogP contribution in [0.3, 0.4) is 0 Å². The molecule has 2 aromatic rings. The number of aromatic nitrogens is 1. The number of carbonyl (C=O) groups excluding carboxylic acids is 1. The van der Waals surface area contributed by atoms with E-state index < -0.39 is 0 Å². The van der Waals surface area contributed by atoms with E-state index in [1.54, 1.807) is 17.5 Å². The first-order valence-corrected chi connectivity index (χ1v) is 7.09. The summed E-state index contributed by atoms with van der Waals surface area (Å²) < 4.78 is 0. The number of nitrogens with zero attached hydrogens (tertiary/aromatic N) is 2. The fourth-order valence-electron chi connectivity index (χ4n) is 1.88. The van der Waals surface area contributed by atoms with E-state index in [2.05, 4.69) is 21.7 Å². The molecule has 4 nitrogen and oxygen atoms in total. The normalized spacial score (nSPS) is 14.5. The van der Waals surface area contributed by atoms with E-state index >= 15 is 0 Å². The Labute approximate surface area is 107 Å². The minimum atomic E-state index is -0.0585. The van der Waals surface area contributed by atoms with Crippen molar-refractivity contribution < 1.29 is 4.79 Å². The van der Waals surface area contributed by atoms with E-state index in [-0.39, 0.29) is 6.03 Å². The molecule has 0 fully saturated rings. The van der Waals surface area contributed by atoms with Gasteiger partial charge >= 0.3 is 6.03 Å². The summed E-state index contributed by atoms with van der Waals surface area (Å²) in [5.74, 6) is 0. The molecular weight excluding hydrogens is 254 g/mol. The van der Waals surface area contributed by atoms with E-state index in [1.165, 1.54) is 21.8 Å². The molecule has 3 rings (SSSR count). The second-order valence-corrected chi connectivity index (χ2v) is 5.70. The van der Waals surface area contributed by atoms with E-state index in [0.717, 1.165) is 13.0 Å². The maximum Gasteiger partial charge on any atom is 0.323 e. The molecule has 0 spiro atoms. The first kappa shape index (κ1) is 10.7. The van der Waals surface area contributed by atoms with Crippen molar-refractivity contribution in [1.29, 1.82) is 0 Å². The predicted molar refractivity (Wildman–Crippen MR) is 69.6 cm³/mol. The molecule has 17 heavy (non-hydrogen) atoms. The van der Waals surface area contributed by atoms with Gasteiger partial charge < -0.3 is 4.90 Å². The summed E-state index contributed by atoms with van der Waals surface area (Å²) in [4.78, 5) is 19.3. The lowest BCUT2D eigenvalue weighted by atomic mass is 10.1. The van der Waals surface area contributed by atoms with Gasteiger partial charge in [0.15, 0.2) is 5.13 Å². The van der Waals surface area contributed by atoms with Crippen molar-refractivity contribution >= 4 is 33.8 Å². The second-order valence-electron chi connectivity index (χ2n) is 3.81. The Hall–Kier alpha value is -1.40. The summed E-state index contributed by atoms with van der Waals surface area (Å²) in [6.07, 6.45) is 2.64. The van der Waals surface area contributed by atoms with Gasteiger partial charge in [-0.1, -0.05) is 0 Å². The van der Waals surface area contributed by atoms with Gasteiger partial charge in [0.05, 0.1) is 0 Å². The molecule has 0 unspecified atom stereocenters. The van der Waals surface area contributed by atoms with Crippen LogP contribution in [0.5, 0.6) is 0 Å². The molecule has 1 N–H and O–H groups in total. The third kappa shape index (κ3) is 2.18. The fourth-order valence-corrected chi connectivity index (χ4v) is 3.29. The molecule has 0 saturated carbocycles. The zero-order valence-corrected chi connectivity index (χ0v) is 10.7. The third-order valence-corrected chi connectivity index (χ3v) is 4.45. The molecule has 0 radical (unpaired) electrons. The molecule has 88 valence electrons. The SMILES string of the molecule is O=C(Nc1nccs1)N1CCc2sccc2C1. The molecule has 2 amide bonds. The molecule has 0 bridgehead atoms. The van der Waals surface area contributed by atoms with Crippen LogP contribution in [0.25, 0.3) is 0 Å². The molecule has 3 heterocycles. The van der Waals surface area contributed by atoms with Gasteiger partial charge in [-0.25, -0.2) is 9.78 Å². The number of nitrogens with one attached hydrogen (secondary N) is 1. The summed E-state index contributed by atoms with van der Waals surface area (Å²) in [7, 11) is 0. The standard InChI is InChI=1S/C11H11N3OS2/c15-11(13-10-12-3-6-17-10)14-4-1-9-8(7-14)2-5-16-9/h2-3,5-6H,1,4,7H2,(H,12,13,15). The molecule has 1 aliphatic rings. The van der Waals surface area contributed by atoms with Crippen LogP contribution in [0.2, 0.25) is 0 Å². The first-order chi connectivity index (χ1) is 8.33. The Morgan fingerprint density at radius 1 is 1.41 bits per heavy atom. The van der Waals surface area contributed by atoms with E-state index in [0.29, 0.717) is 11.7 Å². The number of anilines is 1. The highest BCUT2D eigenvalue weighted by Crippen LogP contribution is 2.24. The van der Waals surface area contributed by atoms with E-state index in [9.17, 15) is 4.79 Å². The monoisotopic (exact) mass is 265 g/mol. The van der Waals surface area contributed by atoms with Crippen molar-refractivity contribution in [1.82, 2.24) is 9.88 Å². The lowest BCUT2D eigenvalue weighted by Crippen LogP contribution is -2.38. The number of hydrogen-bond acceptors (Lipinski definition) is 4. The van der Waals surface area contributed by atoms with Crippen LogP contribution in [0.15, 0.2) is 23.0 Å². The number of hydrogen-bond donors (Lipinski definition) is 1. The first-order valence-electron chi connectivity index (χ1n) is 5.33. The summed E-state index contributed by atoms with van der Waals surface area (Å²) in [5, 5.41) is 7.41. The van der Waals surface area contributed by atoms with Gasteiger partial charge in [0.1, 0.15) is 0 Å². The molecular formula is C11H11N3OS2. The quantitative estimate of drug-likeness (QED) is 0.861. The Morgan fingerprint density at radius 2 is 2.35 bits per heavy atom. The predicted octanol–water partition coefficient (Wildman–Crippen LogP) is 2.79. The molecule has 0 saturated heterocycles. The number of fused-ring (bicyclic) bond motifs is 1. The number of thiophene rings is 1. The summed E-state index contributed by atoms with van der Waals surface area (Å²) in [5.41, 5.74) is 1.27. The van der Waals surface area contributed by atoms with Crippen molar-refractivity contribution in [3.63, 3.8) is 0 Å². The number of urea groups is 1. The van der Waals surface area contributed by atoms with Gasteiger partial charge in [0.25, 0.3) is 0 Å². The second kappa shape index (κ2) is 4.46.